The Hall–Kier alpha value is -4.37. The first-order valence-corrected chi connectivity index (χ1v) is 21.7. The standard InChI is InChI=1S/C41H50Br2N8O10/c42-36-37(43)41(55)49(40(36)54)15-6-17-56-21-25-60-27-28-61-26-22-57-18-13-31(52)8-5-12-35(53)50-29-30-7-1-2-9-32(30)39-38(33-10-3-4-11-34(33)50)46-48-51(39)16-20-59-24-23-58-19-14-45-47-44/h1-4,7,9-11H,5-6,8,12-29H2. The maximum Gasteiger partial charge on any atom is 0.269 e. The van der Waals surface area contributed by atoms with Crippen molar-refractivity contribution in [3.05, 3.63) is 73.5 Å². The molecule has 0 N–H and O–H groups in total. The quantitative estimate of drug-likeness (QED) is 0.0268. The summed E-state index contributed by atoms with van der Waals surface area (Å²) in [6.07, 6.45) is 1.67. The van der Waals surface area contributed by atoms with Crippen molar-refractivity contribution in [3.8, 4) is 22.5 Å². The molecule has 2 aliphatic rings. The average molecular weight is 975 g/mol. The maximum absolute atomic E-state index is 13.9. The van der Waals surface area contributed by atoms with E-state index in [1.165, 1.54) is 4.90 Å². The van der Waals surface area contributed by atoms with Crippen molar-refractivity contribution >= 4 is 61.1 Å². The van der Waals surface area contributed by atoms with E-state index in [9.17, 15) is 19.2 Å². The summed E-state index contributed by atoms with van der Waals surface area (Å²) in [7, 11) is 0. The number of imide groups is 1. The number of para-hydroxylation sites is 1. The van der Waals surface area contributed by atoms with Gasteiger partial charge in [0.15, 0.2) is 0 Å². The second-order valence-electron chi connectivity index (χ2n) is 13.7. The predicted octanol–water partition coefficient (Wildman–Crippen LogP) is 5.76. The van der Waals surface area contributed by atoms with Gasteiger partial charge >= 0.3 is 0 Å². The van der Waals surface area contributed by atoms with Crippen molar-refractivity contribution in [1.82, 2.24) is 19.9 Å². The molecule has 0 aliphatic carbocycles. The lowest BCUT2D eigenvalue weighted by molar-refractivity contribution is -0.137. The Balaban J connectivity index is 0.954. The smallest absolute Gasteiger partial charge is 0.269 e. The molecule has 2 aliphatic heterocycles. The molecule has 0 bridgehead atoms. The maximum atomic E-state index is 13.9. The first-order valence-electron chi connectivity index (χ1n) is 20.1. The molecule has 0 radical (unpaired) electrons. The number of Topliss-reactive ketones (excluding diaryl/α,β-unsaturated/α-hetero) is 1. The summed E-state index contributed by atoms with van der Waals surface area (Å²) in [6, 6.07) is 15.6. The number of ketones is 1. The summed E-state index contributed by atoms with van der Waals surface area (Å²) in [4.78, 5) is 56.2. The van der Waals surface area contributed by atoms with Crippen molar-refractivity contribution < 1.29 is 47.6 Å². The van der Waals surface area contributed by atoms with Crippen LogP contribution in [0.5, 0.6) is 0 Å². The second kappa shape index (κ2) is 26.2. The van der Waals surface area contributed by atoms with Crippen LogP contribution >= 0.6 is 31.9 Å². The molecule has 61 heavy (non-hydrogen) atoms. The van der Waals surface area contributed by atoms with Gasteiger partial charge in [0.2, 0.25) is 5.91 Å². The van der Waals surface area contributed by atoms with Crippen LogP contribution in [0.25, 0.3) is 33.0 Å². The number of nitrogens with zero attached hydrogens (tertiary/aromatic N) is 8. The van der Waals surface area contributed by atoms with Gasteiger partial charge < -0.3 is 33.3 Å². The molecular weight excluding hydrogens is 924 g/mol. The Bertz CT molecular complexity index is 2000. The molecule has 0 fully saturated rings. The lowest BCUT2D eigenvalue weighted by Gasteiger charge is -2.28. The highest BCUT2D eigenvalue weighted by Gasteiger charge is 2.35. The van der Waals surface area contributed by atoms with Gasteiger partial charge in [0.1, 0.15) is 20.4 Å². The van der Waals surface area contributed by atoms with E-state index in [4.69, 9.17) is 34.0 Å². The number of anilines is 1. The largest absolute Gasteiger partial charge is 0.379 e. The van der Waals surface area contributed by atoms with Gasteiger partial charge in [-0.05, 0) is 61.9 Å². The van der Waals surface area contributed by atoms with Crippen LogP contribution in [0.1, 0.15) is 37.7 Å². The minimum Gasteiger partial charge on any atom is -0.379 e. The molecule has 328 valence electrons. The van der Waals surface area contributed by atoms with E-state index in [1.807, 2.05) is 53.2 Å². The van der Waals surface area contributed by atoms with E-state index in [-0.39, 0.29) is 71.4 Å². The highest BCUT2D eigenvalue weighted by Crippen LogP contribution is 2.41. The van der Waals surface area contributed by atoms with Crippen LogP contribution in [-0.2, 0) is 60.7 Å². The molecule has 0 atom stereocenters. The van der Waals surface area contributed by atoms with Crippen LogP contribution in [-0.4, -0.2) is 136 Å². The van der Waals surface area contributed by atoms with Crippen molar-refractivity contribution in [2.75, 3.05) is 97.3 Å². The molecule has 5 rings (SSSR count). The Labute approximate surface area is 370 Å². The van der Waals surface area contributed by atoms with Crippen LogP contribution in [0.3, 0.4) is 0 Å². The number of amides is 3. The second-order valence-corrected chi connectivity index (χ2v) is 15.3. The van der Waals surface area contributed by atoms with Gasteiger partial charge in [0.25, 0.3) is 11.8 Å². The SMILES string of the molecule is [N-]=[N+]=NCCOCCOCCn1nnc2c1-c1ccccc1CN(C(=O)CCCC(=O)CCOCCOCCOCCOCCCN1C(=O)C(Br)=C(Br)C1=O)c1ccccc1-2. The van der Waals surface area contributed by atoms with Crippen molar-refractivity contribution in [2.45, 2.75) is 45.2 Å². The lowest BCUT2D eigenvalue weighted by atomic mass is 9.95. The van der Waals surface area contributed by atoms with Crippen LogP contribution < -0.4 is 4.90 Å². The van der Waals surface area contributed by atoms with E-state index in [0.717, 1.165) is 28.1 Å². The Morgan fingerprint density at radius 1 is 0.689 bits per heavy atom. The predicted molar refractivity (Wildman–Crippen MR) is 231 cm³/mol. The van der Waals surface area contributed by atoms with Crippen LogP contribution in [0, 0.1) is 0 Å². The summed E-state index contributed by atoms with van der Waals surface area (Å²) >= 11 is 6.21. The number of halogens is 2. The van der Waals surface area contributed by atoms with Gasteiger partial charge in [-0.15, -0.1) is 5.10 Å². The molecule has 3 heterocycles. The molecule has 0 saturated carbocycles. The Morgan fingerprint density at radius 2 is 1.28 bits per heavy atom. The fraction of sp³-hybridized carbons (Fsp3) is 0.512. The van der Waals surface area contributed by atoms with E-state index in [1.54, 1.807) is 4.90 Å². The monoisotopic (exact) mass is 972 g/mol. The number of hydrogen-bond acceptors (Lipinski definition) is 13. The Kier molecular flexibility index (Phi) is 20.5. The molecule has 0 unspecified atom stereocenters. The van der Waals surface area contributed by atoms with Crippen molar-refractivity contribution in [3.63, 3.8) is 0 Å². The number of carbonyl (C=O) groups is 4. The molecular formula is C41H50Br2N8O10. The van der Waals surface area contributed by atoms with Gasteiger partial charge in [0.05, 0.1) is 97.1 Å². The fourth-order valence-electron chi connectivity index (χ4n) is 6.51. The fourth-order valence-corrected chi connectivity index (χ4v) is 7.27. The number of azide groups is 1. The summed E-state index contributed by atoms with van der Waals surface area (Å²) in [5, 5.41) is 12.5. The van der Waals surface area contributed by atoms with Gasteiger partial charge in [-0.2, -0.15) is 0 Å². The Morgan fingerprint density at radius 3 is 1.97 bits per heavy atom. The molecule has 3 aromatic rings. The molecule has 0 saturated heterocycles. The first-order chi connectivity index (χ1) is 29.8. The van der Waals surface area contributed by atoms with E-state index >= 15 is 0 Å². The number of aromatic nitrogens is 3. The summed E-state index contributed by atoms with van der Waals surface area (Å²) in [6.45, 7) is 5.74. The number of ether oxygens (including phenoxy) is 6. The van der Waals surface area contributed by atoms with E-state index < -0.39 is 0 Å². The minimum absolute atomic E-state index is 0.0296. The third-order valence-electron chi connectivity index (χ3n) is 9.52. The van der Waals surface area contributed by atoms with Crippen LogP contribution in [0.2, 0.25) is 0 Å². The molecule has 0 spiro atoms. The molecule has 1 aromatic heterocycles. The van der Waals surface area contributed by atoms with Gasteiger partial charge in [-0.25, -0.2) is 4.68 Å². The highest BCUT2D eigenvalue weighted by molar-refractivity contribution is 9.14. The highest BCUT2D eigenvalue weighted by atomic mass is 79.9. The molecule has 20 heteroatoms. The zero-order valence-corrected chi connectivity index (χ0v) is 37.1. The van der Waals surface area contributed by atoms with E-state index in [0.29, 0.717) is 104 Å². The zero-order chi connectivity index (χ0) is 43.2. The summed E-state index contributed by atoms with van der Waals surface area (Å²) < 4.78 is 35.6. The minimum atomic E-state index is -0.357. The third-order valence-corrected chi connectivity index (χ3v) is 11.5. The lowest BCUT2D eigenvalue weighted by Crippen LogP contribution is -2.32. The normalized spacial score (nSPS) is 13.5. The van der Waals surface area contributed by atoms with Gasteiger partial charge in [-0.1, -0.05) is 52.8 Å². The summed E-state index contributed by atoms with van der Waals surface area (Å²) in [5.41, 5.74) is 13.3. The molecule has 3 amide bonds. The number of carbonyl (C=O) groups excluding carboxylic acids is 4. The topological polar surface area (TPSA) is 210 Å². The van der Waals surface area contributed by atoms with Crippen molar-refractivity contribution in [1.29, 1.82) is 0 Å². The number of fused-ring (bicyclic) bond motifs is 5. The molecule has 2 aromatic carbocycles. The van der Waals surface area contributed by atoms with Crippen LogP contribution in [0.15, 0.2) is 62.6 Å². The van der Waals surface area contributed by atoms with E-state index in [2.05, 4.69) is 52.2 Å². The number of rotatable bonds is 29. The zero-order valence-electron chi connectivity index (χ0n) is 33.9. The van der Waals surface area contributed by atoms with Gasteiger partial charge in [-0.3, -0.25) is 24.1 Å². The van der Waals surface area contributed by atoms with Crippen molar-refractivity contribution in [2.24, 2.45) is 5.11 Å². The number of hydrogen-bond donors (Lipinski definition) is 0. The first kappa shape index (κ1) is 47.7. The third kappa shape index (κ3) is 14.3. The number of benzene rings is 2. The van der Waals surface area contributed by atoms with Gasteiger partial charge in [0, 0.05) is 55.0 Å². The molecule has 18 nitrogen and oxygen atoms in total. The summed E-state index contributed by atoms with van der Waals surface area (Å²) in [5.74, 6) is -0.771. The average Bonchev–Trinajstić information content (AvgIpc) is 3.76. The van der Waals surface area contributed by atoms with Crippen LogP contribution in [0.4, 0.5) is 5.69 Å².